The van der Waals surface area contributed by atoms with Gasteiger partial charge in [0, 0.05) is 0 Å². The molecule has 0 heterocycles. The summed E-state index contributed by atoms with van der Waals surface area (Å²) < 4.78 is 38.1. The minimum Gasteiger partial charge on any atom is -0.166 e. The predicted molar refractivity (Wildman–Crippen MR) is 62.2 cm³/mol. The molecule has 17 heavy (non-hydrogen) atoms. The Morgan fingerprint density at radius 2 is 1.71 bits per heavy atom. The average molecular weight is 263 g/mol. The third-order valence-corrected chi connectivity index (χ3v) is 3.91. The van der Waals surface area contributed by atoms with Crippen LogP contribution in [-0.2, 0) is 11.1 Å². The highest BCUT2D eigenvalue weighted by molar-refractivity contribution is 6.24. The van der Waals surface area contributed by atoms with Gasteiger partial charge in [0.25, 0.3) is 0 Å². The van der Waals surface area contributed by atoms with E-state index in [2.05, 4.69) is 0 Å². The van der Waals surface area contributed by atoms with Crippen LogP contribution in [0.25, 0.3) is 0 Å². The third-order valence-electron chi connectivity index (χ3n) is 3.32. The van der Waals surface area contributed by atoms with Gasteiger partial charge in [0.15, 0.2) is 0 Å². The molecule has 1 saturated carbocycles. The van der Waals surface area contributed by atoms with Gasteiger partial charge >= 0.3 is 6.18 Å². The van der Waals surface area contributed by atoms with Gasteiger partial charge in [0.1, 0.15) is 0 Å². The molecule has 0 saturated heterocycles. The van der Waals surface area contributed by atoms with Gasteiger partial charge in [-0.25, -0.2) is 0 Å². The van der Waals surface area contributed by atoms with Crippen LogP contribution < -0.4 is 0 Å². The summed E-state index contributed by atoms with van der Waals surface area (Å²) in [5.74, 6) is 0. The molecule has 0 aromatic heterocycles. The van der Waals surface area contributed by atoms with E-state index in [1.165, 1.54) is 12.1 Å². The topological polar surface area (TPSA) is 0 Å². The first-order valence-electron chi connectivity index (χ1n) is 5.70. The molecule has 1 aliphatic carbocycles. The van der Waals surface area contributed by atoms with Crippen molar-refractivity contribution in [1.82, 2.24) is 0 Å². The molecule has 2 rings (SSSR count). The van der Waals surface area contributed by atoms with Gasteiger partial charge in [-0.15, -0.1) is 11.6 Å². The maximum Gasteiger partial charge on any atom is 0.416 e. The maximum absolute atomic E-state index is 12.7. The van der Waals surface area contributed by atoms with Crippen LogP contribution in [0.4, 0.5) is 13.2 Å². The van der Waals surface area contributed by atoms with Crippen LogP contribution in [0.3, 0.4) is 0 Å². The summed E-state index contributed by atoms with van der Waals surface area (Å²) in [6.45, 7) is 1.67. The summed E-state index contributed by atoms with van der Waals surface area (Å²) in [6.07, 6.45) is -0.811. The molecule has 0 spiro atoms. The zero-order chi connectivity index (χ0) is 12.7. The summed E-state index contributed by atoms with van der Waals surface area (Å²) >= 11 is 6.42. The zero-order valence-corrected chi connectivity index (χ0v) is 10.3. The first-order valence-corrected chi connectivity index (χ1v) is 6.07. The number of aryl methyl sites for hydroxylation is 1. The van der Waals surface area contributed by atoms with E-state index in [1.807, 2.05) is 0 Å². The Labute approximate surface area is 104 Å². The van der Waals surface area contributed by atoms with Gasteiger partial charge < -0.3 is 0 Å². The van der Waals surface area contributed by atoms with E-state index in [4.69, 9.17) is 11.6 Å². The first-order chi connectivity index (χ1) is 7.81. The maximum atomic E-state index is 12.7. The van der Waals surface area contributed by atoms with Crippen molar-refractivity contribution in [3.63, 3.8) is 0 Å². The van der Waals surface area contributed by atoms with E-state index >= 15 is 0 Å². The zero-order valence-electron chi connectivity index (χ0n) is 9.57. The van der Waals surface area contributed by atoms with Crippen LogP contribution >= 0.6 is 11.6 Å². The number of benzene rings is 1. The molecule has 0 N–H and O–H groups in total. The van der Waals surface area contributed by atoms with Crippen molar-refractivity contribution in [2.75, 3.05) is 0 Å². The monoisotopic (exact) mass is 262 g/mol. The molecule has 0 amide bonds. The number of rotatable bonds is 1. The Morgan fingerprint density at radius 3 is 2.24 bits per heavy atom. The number of hydrogen-bond acceptors (Lipinski definition) is 0. The van der Waals surface area contributed by atoms with Gasteiger partial charge in [-0.3, -0.25) is 0 Å². The lowest BCUT2D eigenvalue weighted by atomic mass is 9.93. The SMILES string of the molecule is Cc1cc(C(F)(F)F)cc(C2(Cl)CCCC2)c1. The van der Waals surface area contributed by atoms with Crippen molar-refractivity contribution < 1.29 is 13.2 Å². The normalized spacial score (nSPS) is 19.6. The summed E-state index contributed by atoms with van der Waals surface area (Å²) in [4.78, 5) is -0.591. The third kappa shape index (κ3) is 2.59. The molecule has 0 atom stereocenters. The molecular weight excluding hydrogens is 249 g/mol. The first kappa shape index (κ1) is 12.7. The van der Waals surface area contributed by atoms with E-state index in [1.54, 1.807) is 13.0 Å². The minimum atomic E-state index is -4.30. The summed E-state index contributed by atoms with van der Waals surface area (Å²) in [5, 5.41) is 0. The Kier molecular flexibility index (Phi) is 3.15. The second kappa shape index (κ2) is 4.20. The fraction of sp³-hybridized carbons (Fsp3) is 0.538. The average Bonchev–Trinajstić information content (AvgIpc) is 2.64. The second-order valence-corrected chi connectivity index (χ2v) is 5.48. The predicted octanol–water partition coefficient (Wildman–Crippen LogP) is 5.02. The molecule has 4 heteroatoms. The summed E-state index contributed by atoms with van der Waals surface area (Å²) in [7, 11) is 0. The van der Waals surface area contributed by atoms with Gasteiger partial charge in [-0.05, 0) is 37.5 Å². The van der Waals surface area contributed by atoms with Gasteiger partial charge in [0.2, 0.25) is 0 Å². The van der Waals surface area contributed by atoms with Crippen molar-refractivity contribution >= 4 is 11.6 Å². The molecular formula is C13H14ClF3. The van der Waals surface area contributed by atoms with Crippen LogP contribution in [-0.4, -0.2) is 0 Å². The van der Waals surface area contributed by atoms with Crippen molar-refractivity contribution in [2.24, 2.45) is 0 Å². The molecule has 1 aromatic carbocycles. The number of halogens is 4. The molecule has 0 aliphatic heterocycles. The van der Waals surface area contributed by atoms with Crippen LogP contribution in [0.2, 0.25) is 0 Å². The molecule has 0 nitrogen and oxygen atoms in total. The van der Waals surface area contributed by atoms with Crippen LogP contribution in [0.1, 0.15) is 42.4 Å². The number of hydrogen-bond donors (Lipinski definition) is 0. The fourth-order valence-electron chi connectivity index (χ4n) is 2.43. The van der Waals surface area contributed by atoms with Crippen molar-refractivity contribution in [3.8, 4) is 0 Å². The van der Waals surface area contributed by atoms with Gasteiger partial charge in [0.05, 0.1) is 10.4 Å². The molecule has 1 aliphatic rings. The smallest absolute Gasteiger partial charge is 0.166 e. The van der Waals surface area contributed by atoms with E-state index in [9.17, 15) is 13.2 Å². The van der Waals surface area contributed by atoms with E-state index in [-0.39, 0.29) is 0 Å². The Hall–Kier alpha value is -0.700. The van der Waals surface area contributed by atoms with E-state index < -0.39 is 16.6 Å². The van der Waals surface area contributed by atoms with Gasteiger partial charge in [-0.1, -0.05) is 24.5 Å². The van der Waals surface area contributed by atoms with Crippen LogP contribution in [0.5, 0.6) is 0 Å². The standard InChI is InChI=1S/C13H14ClF3/c1-9-6-10(12(14)4-2-3-5-12)8-11(7-9)13(15,16)17/h6-8H,2-5H2,1H3. The largest absolute Gasteiger partial charge is 0.416 e. The minimum absolute atomic E-state index is 0.591. The summed E-state index contributed by atoms with van der Waals surface area (Å²) in [5.41, 5.74) is 0.630. The lowest BCUT2D eigenvalue weighted by Crippen LogP contribution is -2.15. The Balaban J connectivity index is 2.45. The van der Waals surface area contributed by atoms with E-state index in [0.717, 1.165) is 25.7 Å². The fourth-order valence-corrected chi connectivity index (χ4v) is 2.81. The second-order valence-electron chi connectivity index (χ2n) is 4.76. The highest BCUT2D eigenvalue weighted by Gasteiger charge is 2.37. The highest BCUT2D eigenvalue weighted by Crippen LogP contribution is 2.46. The van der Waals surface area contributed by atoms with E-state index in [0.29, 0.717) is 11.1 Å². The van der Waals surface area contributed by atoms with Crippen molar-refractivity contribution in [1.29, 1.82) is 0 Å². The quantitative estimate of drug-likeness (QED) is 0.623. The van der Waals surface area contributed by atoms with Gasteiger partial charge in [-0.2, -0.15) is 13.2 Å². The highest BCUT2D eigenvalue weighted by atomic mass is 35.5. The van der Waals surface area contributed by atoms with Crippen LogP contribution in [0, 0.1) is 6.92 Å². The molecule has 0 radical (unpaired) electrons. The molecule has 1 aromatic rings. The Bertz CT molecular complexity index is 417. The molecule has 0 unspecified atom stereocenters. The van der Waals surface area contributed by atoms with Crippen molar-refractivity contribution in [3.05, 3.63) is 34.9 Å². The lowest BCUT2D eigenvalue weighted by Gasteiger charge is -2.23. The van der Waals surface area contributed by atoms with Crippen LogP contribution in [0.15, 0.2) is 18.2 Å². The number of alkyl halides is 4. The lowest BCUT2D eigenvalue weighted by molar-refractivity contribution is -0.137. The molecule has 1 fully saturated rings. The molecule has 0 bridgehead atoms. The summed E-state index contributed by atoms with van der Waals surface area (Å²) in [6, 6.07) is 4.14. The molecule has 94 valence electrons. The Morgan fingerprint density at radius 1 is 1.12 bits per heavy atom. The van der Waals surface area contributed by atoms with Crippen molar-refractivity contribution in [2.45, 2.75) is 43.7 Å².